The van der Waals surface area contributed by atoms with Gasteiger partial charge in [0.15, 0.2) is 0 Å². The van der Waals surface area contributed by atoms with Crippen molar-refractivity contribution in [2.75, 3.05) is 19.1 Å². The van der Waals surface area contributed by atoms with E-state index in [1.54, 1.807) is 25.3 Å². The highest BCUT2D eigenvalue weighted by Crippen LogP contribution is 2.40. The first kappa shape index (κ1) is 16.4. The maximum atomic E-state index is 14.2. The molecule has 3 rings (SSSR count). The number of amides is 1. The van der Waals surface area contributed by atoms with E-state index in [-0.39, 0.29) is 35.4 Å². The number of ether oxygens (including phenoxy) is 2. The van der Waals surface area contributed by atoms with Gasteiger partial charge in [-0.05, 0) is 12.1 Å². The van der Waals surface area contributed by atoms with Crippen LogP contribution in [0.5, 0.6) is 11.5 Å². The van der Waals surface area contributed by atoms with Crippen molar-refractivity contribution < 1.29 is 18.7 Å². The molecule has 1 atom stereocenters. The topological polar surface area (TPSA) is 64.5 Å². The van der Waals surface area contributed by atoms with Crippen LogP contribution in [0.2, 0.25) is 5.15 Å². The third kappa shape index (κ3) is 2.87. The zero-order valence-corrected chi connectivity index (χ0v) is 13.9. The number of methoxy groups -OCH3 is 2. The summed E-state index contributed by atoms with van der Waals surface area (Å²) in [7, 11) is 3.08. The van der Waals surface area contributed by atoms with E-state index in [2.05, 4.69) is 9.97 Å². The Hall–Kier alpha value is -2.41. The summed E-state index contributed by atoms with van der Waals surface area (Å²) in [5, 5.41) is 0.0201. The van der Waals surface area contributed by atoms with Gasteiger partial charge >= 0.3 is 0 Å². The molecule has 0 spiro atoms. The number of carbonyl (C=O) groups excluding carboxylic acids is 1. The fourth-order valence-electron chi connectivity index (χ4n) is 2.65. The van der Waals surface area contributed by atoms with Crippen molar-refractivity contribution in [1.29, 1.82) is 0 Å². The zero-order chi connectivity index (χ0) is 17.3. The van der Waals surface area contributed by atoms with Gasteiger partial charge in [0.05, 0.1) is 32.7 Å². The third-order valence-electron chi connectivity index (χ3n) is 3.86. The average molecular weight is 352 g/mol. The minimum Gasteiger partial charge on any atom is -0.497 e. The molecule has 0 saturated carbocycles. The molecular weight excluding hydrogens is 337 g/mol. The molecule has 0 saturated heterocycles. The number of benzene rings is 1. The van der Waals surface area contributed by atoms with Gasteiger partial charge < -0.3 is 9.47 Å². The average Bonchev–Trinajstić information content (AvgIpc) is 2.58. The van der Waals surface area contributed by atoms with E-state index in [4.69, 9.17) is 21.1 Å². The van der Waals surface area contributed by atoms with Gasteiger partial charge in [0.25, 0.3) is 0 Å². The number of hydrogen-bond donors (Lipinski definition) is 0. The van der Waals surface area contributed by atoms with Gasteiger partial charge in [-0.1, -0.05) is 11.6 Å². The molecule has 1 amide bonds. The van der Waals surface area contributed by atoms with Gasteiger partial charge in [-0.2, -0.15) is 0 Å². The lowest BCUT2D eigenvalue weighted by molar-refractivity contribution is -0.120. The molecule has 24 heavy (non-hydrogen) atoms. The Morgan fingerprint density at radius 2 is 2.12 bits per heavy atom. The quantitative estimate of drug-likeness (QED) is 0.792. The van der Waals surface area contributed by atoms with E-state index >= 15 is 0 Å². The van der Waals surface area contributed by atoms with E-state index < -0.39 is 6.17 Å². The molecule has 126 valence electrons. The van der Waals surface area contributed by atoms with Crippen molar-refractivity contribution in [3.63, 3.8) is 0 Å². The number of halogens is 2. The van der Waals surface area contributed by atoms with Gasteiger partial charge in [-0.15, -0.1) is 0 Å². The SMILES string of the molecule is COc1ccc(CN2C(=O)CC(F)c3c(Cl)ncnc32)c(OC)c1. The highest BCUT2D eigenvalue weighted by Gasteiger charge is 2.35. The molecule has 2 aromatic rings. The number of alkyl halides is 1. The molecule has 2 heterocycles. The summed E-state index contributed by atoms with van der Waals surface area (Å²) in [6.45, 7) is 0.180. The predicted molar refractivity (Wildman–Crippen MR) is 86.2 cm³/mol. The molecule has 0 aliphatic carbocycles. The largest absolute Gasteiger partial charge is 0.497 e. The third-order valence-corrected chi connectivity index (χ3v) is 4.16. The lowest BCUT2D eigenvalue weighted by atomic mass is 10.0. The van der Waals surface area contributed by atoms with Crippen LogP contribution >= 0.6 is 11.6 Å². The molecule has 0 N–H and O–H groups in total. The Labute approximate surface area is 143 Å². The smallest absolute Gasteiger partial charge is 0.231 e. The van der Waals surface area contributed by atoms with Crippen molar-refractivity contribution in [3.8, 4) is 11.5 Å². The summed E-state index contributed by atoms with van der Waals surface area (Å²) in [6, 6.07) is 5.27. The first-order chi connectivity index (χ1) is 11.5. The number of hydrogen-bond acceptors (Lipinski definition) is 5. The number of nitrogens with zero attached hydrogens (tertiary/aromatic N) is 3. The fourth-order valence-corrected chi connectivity index (χ4v) is 2.90. The fraction of sp³-hybridized carbons (Fsp3) is 0.312. The Balaban J connectivity index is 2.00. The molecule has 8 heteroatoms. The normalized spacial score (nSPS) is 16.8. The second-order valence-corrected chi connectivity index (χ2v) is 5.59. The molecule has 6 nitrogen and oxygen atoms in total. The zero-order valence-electron chi connectivity index (χ0n) is 13.1. The van der Waals surface area contributed by atoms with Crippen molar-refractivity contribution in [3.05, 3.63) is 40.8 Å². The number of carbonyl (C=O) groups is 1. The van der Waals surface area contributed by atoms with Crippen molar-refractivity contribution in [1.82, 2.24) is 9.97 Å². The maximum Gasteiger partial charge on any atom is 0.231 e. The number of aromatic nitrogens is 2. The summed E-state index contributed by atoms with van der Waals surface area (Å²) in [5.74, 6) is 1.01. The van der Waals surface area contributed by atoms with Crippen LogP contribution in [-0.4, -0.2) is 30.1 Å². The number of fused-ring (bicyclic) bond motifs is 1. The maximum absolute atomic E-state index is 14.2. The summed E-state index contributed by atoms with van der Waals surface area (Å²) in [6.07, 6.45) is -0.584. The predicted octanol–water partition coefficient (Wildman–Crippen LogP) is 3.09. The van der Waals surface area contributed by atoms with Gasteiger partial charge in [0.1, 0.15) is 35.0 Å². The summed E-state index contributed by atoms with van der Waals surface area (Å²) < 4.78 is 24.7. The van der Waals surface area contributed by atoms with Crippen molar-refractivity contribution in [2.24, 2.45) is 0 Å². The molecule has 1 aliphatic heterocycles. The molecular formula is C16H15ClFN3O3. The molecule has 0 fully saturated rings. The van der Waals surface area contributed by atoms with Crippen LogP contribution in [0.15, 0.2) is 24.5 Å². The van der Waals surface area contributed by atoms with Crippen molar-refractivity contribution in [2.45, 2.75) is 19.1 Å². The first-order valence-electron chi connectivity index (χ1n) is 7.21. The second-order valence-electron chi connectivity index (χ2n) is 5.23. The number of rotatable bonds is 4. The Kier molecular flexibility index (Phi) is 4.53. The van der Waals surface area contributed by atoms with Gasteiger partial charge in [0.2, 0.25) is 5.91 Å². The van der Waals surface area contributed by atoms with Crippen LogP contribution in [0, 0.1) is 0 Å². The summed E-state index contributed by atoms with van der Waals surface area (Å²) in [4.78, 5) is 21.6. The lowest BCUT2D eigenvalue weighted by Gasteiger charge is -2.30. The van der Waals surface area contributed by atoms with E-state index in [0.717, 1.165) is 5.56 Å². The molecule has 0 bridgehead atoms. The van der Waals surface area contributed by atoms with Crippen LogP contribution in [0.4, 0.5) is 10.2 Å². The van der Waals surface area contributed by atoms with E-state index in [1.165, 1.54) is 18.3 Å². The van der Waals surface area contributed by atoms with Crippen LogP contribution in [-0.2, 0) is 11.3 Å². The van der Waals surface area contributed by atoms with E-state index in [9.17, 15) is 9.18 Å². The van der Waals surface area contributed by atoms with Gasteiger partial charge in [-0.3, -0.25) is 9.69 Å². The summed E-state index contributed by atoms with van der Waals surface area (Å²) in [5.41, 5.74) is 0.885. The standard InChI is InChI=1S/C16H15ClFN3O3/c1-23-10-4-3-9(12(5-10)24-2)7-21-13(22)6-11(18)14-15(17)19-8-20-16(14)21/h3-5,8,11H,6-7H2,1-2H3. The van der Waals surface area contributed by atoms with Gasteiger partial charge in [-0.25, -0.2) is 14.4 Å². The Morgan fingerprint density at radius 1 is 1.33 bits per heavy atom. The van der Waals surface area contributed by atoms with Crippen LogP contribution in [0.3, 0.4) is 0 Å². The van der Waals surface area contributed by atoms with Crippen LogP contribution < -0.4 is 14.4 Å². The minimum absolute atomic E-state index is 0.0201. The highest BCUT2D eigenvalue weighted by molar-refractivity contribution is 6.30. The molecule has 1 aromatic heterocycles. The molecule has 1 unspecified atom stereocenters. The van der Waals surface area contributed by atoms with Gasteiger partial charge in [0, 0.05) is 11.6 Å². The molecule has 1 aromatic carbocycles. The first-order valence-corrected chi connectivity index (χ1v) is 7.58. The van der Waals surface area contributed by atoms with Crippen molar-refractivity contribution >= 4 is 23.3 Å². The molecule has 1 aliphatic rings. The lowest BCUT2D eigenvalue weighted by Crippen LogP contribution is -2.36. The Morgan fingerprint density at radius 3 is 2.83 bits per heavy atom. The minimum atomic E-state index is -1.50. The van der Waals surface area contributed by atoms with Crippen LogP contribution in [0.25, 0.3) is 0 Å². The number of anilines is 1. The van der Waals surface area contributed by atoms with Crippen LogP contribution in [0.1, 0.15) is 23.7 Å². The molecule has 0 radical (unpaired) electrons. The second kappa shape index (κ2) is 6.60. The van der Waals surface area contributed by atoms with E-state index in [1.807, 2.05) is 0 Å². The summed E-state index contributed by atoms with van der Waals surface area (Å²) >= 11 is 5.98. The Bertz CT molecular complexity index is 787. The van der Waals surface area contributed by atoms with E-state index in [0.29, 0.717) is 11.5 Å². The monoisotopic (exact) mass is 351 g/mol. The highest BCUT2D eigenvalue weighted by atomic mass is 35.5.